The summed E-state index contributed by atoms with van der Waals surface area (Å²) in [5, 5.41) is 16.1. The number of aliphatic hydroxyl groups excluding tert-OH is 1. The van der Waals surface area contributed by atoms with Gasteiger partial charge in [-0.3, -0.25) is 5.10 Å². The molecule has 1 heterocycles. The van der Waals surface area contributed by atoms with Gasteiger partial charge in [-0.15, -0.1) is 0 Å². The lowest BCUT2D eigenvalue weighted by Crippen LogP contribution is -2.36. The molecule has 0 amide bonds. The summed E-state index contributed by atoms with van der Waals surface area (Å²) in [6.45, 7) is 3.32. The number of aliphatic hydroxyl groups is 1. The maximum atomic E-state index is 12.3. The molecule has 104 valence electrons. The molecular formula is C10H19N3O4S. The summed E-state index contributed by atoms with van der Waals surface area (Å²) in [6, 6.07) is 0. The van der Waals surface area contributed by atoms with Crippen molar-refractivity contribution in [3.8, 4) is 0 Å². The van der Waals surface area contributed by atoms with Crippen LogP contribution in [0.3, 0.4) is 0 Å². The molecule has 7 nitrogen and oxygen atoms in total. The third kappa shape index (κ3) is 3.08. The summed E-state index contributed by atoms with van der Waals surface area (Å²) >= 11 is 0. The van der Waals surface area contributed by atoms with E-state index in [4.69, 9.17) is 4.74 Å². The summed E-state index contributed by atoms with van der Waals surface area (Å²) in [4.78, 5) is 0.162. The maximum absolute atomic E-state index is 12.3. The molecule has 0 saturated carbocycles. The van der Waals surface area contributed by atoms with E-state index in [1.54, 1.807) is 13.8 Å². The van der Waals surface area contributed by atoms with Gasteiger partial charge < -0.3 is 9.84 Å². The van der Waals surface area contributed by atoms with Crippen LogP contribution in [0.1, 0.15) is 11.4 Å². The van der Waals surface area contributed by atoms with E-state index in [2.05, 4.69) is 10.2 Å². The number of aryl methyl sites for hydroxylation is 2. The second-order valence-corrected chi connectivity index (χ2v) is 6.14. The van der Waals surface area contributed by atoms with Crippen LogP contribution >= 0.6 is 0 Å². The zero-order valence-electron chi connectivity index (χ0n) is 11.0. The summed E-state index contributed by atoms with van der Waals surface area (Å²) in [7, 11) is -0.783. The van der Waals surface area contributed by atoms with Gasteiger partial charge in [0.05, 0.1) is 24.1 Å². The Morgan fingerprint density at radius 2 is 2.11 bits per heavy atom. The smallest absolute Gasteiger partial charge is 0.246 e. The van der Waals surface area contributed by atoms with Crippen molar-refractivity contribution < 1.29 is 18.3 Å². The summed E-state index contributed by atoms with van der Waals surface area (Å²) in [5.41, 5.74) is 0.904. The number of hydrogen-bond acceptors (Lipinski definition) is 5. The second kappa shape index (κ2) is 5.79. The Morgan fingerprint density at radius 1 is 1.50 bits per heavy atom. The van der Waals surface area contributed by atoms with Crippen molar-refractivity contribution in [2.24, 2.45) is 0 Å². The third-order valence-corrected chi connectivity index (χ3v) is 4.64. The lowest BCUT2D eigenvalue weighted by molar-refractivity contribution is 0.0554. The minimum atomic E-state index is -3.65. The van der Waals surface area contributed by atoms with Gasteiger partial charge in [0, 0.05) is 20.7 Å². The molecule has 1 aromatic rings. The molecule has 0 aliphatic carbocycles. The van der Waals surface area contributed by atoms with Crippen LogP contribution in [-0.2, 0) is 14.8 Å². The molecular weight excluding hydrogens is 258 g/mol. The molecule has 1 unspecified atom stereocenters. The lowest BCUT2D eigenvalue weighted by atomic mass is 10.4. The van der Waals surface area contributed by atoms with E-state index >= 15 is 0 Å². The van der Waals surface area contributed by atoms with E-state index in [0.29, 0.717) is 11.4 Å². The molecule has 8 heteroatoms. The fraction of sp³-hybridized carbons (Fsp3) is 0.700. The van der Waals surface area contributed by atoms with Gasteiger partial charge in [-0.05, 0) is 13.8 Å². The highest BCUT2D eigenvalue weighted by atomic mass is 32.2. The van der Waals surface area contributed by atoms with Crippen molar-refractivity contribution in [2.45, 2.75) is 24.8 Å². The Hall–Kier alpha value is -0.960. The quantitative estimate of drug-likeness (QED) is 0.741. The topological polar surface area (TPSA) is 95.5 Å². The molecule has 0 aromatic carbocycles. The maximum Gasteiger partial charge on any atom is 0.246 e. The van der Waals surface area contributed by atoms with Crippen LogP contribution in [0.5, 0.6) is 0 Å². The van der Waals surface area contributed by atoms with E-state index < -0.39 is 16.1 Å². The summed E-state index contributed by atoms with van der Waals surface area (Å²) in [6.07, 6.45) is -0.859. The van der Waals surface area contributed by atoms with Gasteiger partial charge in [0.1, 0.15) is 4.90 Å². The van der Waals surface area contributed by atoms with Crippen molar-refractivity contribution in [1.29, 1.82) is 0 Å². The van der Waals surface area contributed by atoms with Crippen LogP contribution in [0.2, 0.25) is 0 Å². The van der Waals surface area contributed by atoms with Crippen LogP contribution in [0.25, 0.3) is 0 Å². The number of sulfonamides is 1. The number of ether oxygens (including phenoxy) is 1. The number of nitrogens with one attached hydrogen (secondary N) is 1. The summed E-state index contributed by atoms with van der Waals surface area (Å²) in [5.74, 6) is 0. The molecule has 1 rings (SSSR count). The van der Waals surface area contributed by atoms with E-state index in [1.807, 2.05) is 0 Å². The molecule has 0 fully saturated rings. The predicted molar refractivity (Wildman–Crippen MR) is 65.8 cm³/mol. The molecule has 0 aliphatic rings. The van der Waals surface area contributed by atoms with E-state index in [-0.39, 0.29) is 18.0 Å². The monoisotopic (exact) mass is 277 g/mol. The number of hydrogen-bond donors (Lipinski definition) is 2. The first-order valence-electron chi connectivity index (χ1n) is 5.45. The first kappa shape index (κ1) is 15.1. The number of methoxy groups -OCH3 is 1. The van der Waals surface area contributed by atoms with Crippen molar-refractivity contribution in [2.75, 3.05) is 27.3 Å². The molecule has 2 N–H and O–H groups in total. The molecule has 0 aliphatic heterocycles. The van der Waals surface area contributed by atoms with Crippen LogP contribution in [-0.4, -0.2) is 61.4 Å². The Kier molecular flexibility index (Phi) is 4.85. The van der Waals surface area contributed by atoms with E-state index in [0.717, 1.165) is 4.31 Å². The van der Waals surface area contributed by atoms with Gasteiger partial charge in [0.25, 0.3) is 0 Å². The Bertz CT molecular complexity index is 478. The Balaban J connectivity index is 2.94. The molecule has 0 saturated heterocycles. The lowest BCUT2D eigenvalue weighted by Gasteiger charge is -2.20. The van der Waals surface area contributed by atoms with Crippen molar-refractivity contribution in [1.82, 2.24) is 14.5 Å². The highest BCUT2D eigenvalue weighted by Crippen LogP contribution is 2.20. The molecule has 0 bridgehead atoms. The molecule has 18 heavy (non-hydrogen) atoms. The van der Waals surface area contributed by atoms with Crippen LogP contribution < -0.4 is 0 Å². The standard InChI is InChI=1S/C10H19N3O4S/c1-7-10(8(2)12-11-7)18(15,16)13(3)5-9(14)6-17-4/h9,14H,5-6H2,1-4H3,(H,11,12). The van der Waals surface area contributed by atoms with Crippen molar-refractivity contribution >= 4 is 10.0 Å². The largest absolute Gasteiger partial charge is 0.389 e. The fourth-order valence-electron chi connectivity index (χ4n) is 1.72. The highest BCUT2D eigenvalue weighted by Gasteiger charge is 2.28. The fourth-order valence-corrected chi connectivity index (χ4v) is 3.25. The van der Waals surface area contributed by atoms with Crippen LogP contribution in [0.15, 0.2) is 4.90 Å². The number of nitrogens with zero attached hydrogens (tertiary/aromatic N) is 2. The van der Waals surface area contributed by atoms with Crippen LogP contribution in [0.4, 0.5) is 0 Å². The number of likely N-dealkylation sites (N-methyl/N-ethyl adjacent to an activating group) is 1. The van der Waals surface area contributed by atoms with Gasteiger partial charge >= 0.3 is 0 Å². The molecule has 1 aromatic heterocycles. The van der Waals surface area contributed by atoms with E-state index in [1.165, 1.54) is 14.2 Å². The SMILES string of the molecule is COCC(O)CN(C)S(=O)(=O)c1c(C)n[nH]c1C. The zero-order chi connectivity index (χ0) is 13.9. The molecule has 0 spiro atoms. The number of rotatable bonds is 6. The van der Waals surface area contributed by atoms with Crippen molar-refractivity contribution in [3.63, 3.8) is 0 Å². The zero-order valence-corrected chi connectivity index (χ0v) is 11.8. The van der Waals surface area contributed by atoms with E-state index in [9.17, 15) is 13.5 Å². The Morgan fingerprint density at radius 3 is 2.56 bits per heavy atom. The second-order valence-electron chi connectivity index (χ2n) is 4.16. The predicted octanol–water partition coefficient (Wildman–Crippen LogP) is -0.346. The minimum Gasteiger partial charge on any atom is -0.389 e. The summed E-state index contributed by atoms with van der Waals surface area (Å²) < 4.78 is 30.4. The normalized spacial score (nSPS) is 14.1. The molecule has 0 radical (unpaired) electrons. The minimum absolute atomic E-state index is 0.0275. The third-order valence-electron chi connectivity index (χ3n) is 2.56. The average molecular weight is 277 g/mol. The molecule has 1 atom stereocenters. The van der Waals surface area contributed by atoms with Gasteiger partial charge in [-0.1, -0.05) is 0 Å². The number of aromatic amines is 1. The van der Waals surface area contributed by atoms with Gasteiger partial charge in [0.2, 0.25) is 10.0 Å². The van der Waals surface area contributed by atoms with Gasteiger partial charge in [-0.25, -0.2) is 8.42 Å². The highest BCUT2D eigenvalue weighted by molar-refractivity contribution is 7.89. The van der Waals surface area contributed by atoms with Gasteiger partial charge in [0.15, 0.2) is 0 Å². The number of aromatic nitrogens is 2. The first-order valence-corrected chi connectivity index (χ1v) is 6.89. The number of H-pyrrole nitrogens is 1. The van der Waals surface area contributed by atoms with Crippen molar-refractivity contribution in [3.05, 3.63) is 11.4 Å². The van der Waals surface area contributed by atoms with Crippen LogP contribution in [0, 0.1) is 13.8 Å². The van der Waals surface area contributed by atoms with Gasteiger partial charge in [-0.2, -0.15) is 9.40 Å². The average Bonchev–Trinajstić information content (AvgIpc) is 2.59. The first-order chi connectivity index (χ1) is 8.30. The Labute approximate surface area is 107 Å².